The van der Waals surface area contributed by atoms with Crippen LogP contribution in [-0.2, 0) is 0 Å². The van der Waals surface area contributed by atoms with Gasteiger partial charge in [-0.15, -0.1) is 10.2 Å². The molecule has 0 aliphatic heterocycles. The third-order valence-electron chi connectivity index (χ3n) is 4.67. The van der Waals surface area contributed by atoms with Crippen molar-refractivity contribution in [2.75, 3.05) is 13.2 Å². The Morgan fingerprint density at radius 2 is 1.27 bits per heavy atom. The molecule has 0 atom stereocenters. The molecule has 0 unspecified atom stereocenters. The number of esters is 1. The number of aromatic nitrogens is 2. The van der Waals surface area contributed by atoms with Crippen molar-refractivity contribution in [2.45, 2.75) is 71.6 Å². The van der Waals surface area contributed by atoms with Gasteiger partial charge in [-0.25, -0.2) is 4.79 Å². The average molecular weight is 415 g/mol. The fourth-order valence-corrected chi connectivity index (χ4v) is 2.88. The SMILES string of the molecule is CCCCCCCOc1ccc(OC(=O)c2ccc(OCCCCCC)cc2)nn1. The molecule has 1 aromatic heterocycles. The van der Waals surface area contributed by atoms with Gasteiger partial charge in [0.05, 0.1) is 18.8 Å². The minimum Gasteiger partial charge on any atom is -0.494 e. The Morgan fingerprint density at radius 1 is 0.700 bits per heavy atom. The first-order valence-corrected chi connectivity index (χ1v) is 11.1. The van der Waals surface area contributed by atoms with E-state index in [2.05, 4.69) is 24.0 Å². The first kappa shape index (κ1) is 23.6. The molecule has 0 amide bonds. The van der Waals surface area contributed by atoms with E-state index in [0.29, 0.717) is 24.7 Å². The molecule has 1 aromatic carbocycles. The fraction of sp³-hybridized carbons (Fsp3) is 0.542. The highest BCUT2D eigenvalue weighted by Crippen LogP contribution is 2.16. The van der Waals surface area contributed by atoms with Gasteiger partial charge >= 0.3 is 5.97 Å². The van der Waals surface area contributed by atoms with Crippen LogP contribution in [0.1, 0.15) is 82.0 Å². The highest BCUT2D eigenvalue weighted by Gasteiger charge is 2.10. The molecule has 1 heterocycles. The van der Waals surface area contributed by atoms with Gasteiger partial charge in [-0.1, -0.05) is 58.8 Å². The molecule has 0 aliphatic carbocycles. The number of hydrogen-bond acceptors (Lipinski definition) is 6. The minimum absolute atomic E-state index is 0.145. The Morgan fingerprint density at radius 3 is 1.90 bits per heavy atom. The van der Waals surface area contributed by atoms with E-state index in [-0.39, 0.29) is 5.88 Å². The Balaban J connectivity index is 1.72. The van der Waals surface area contributed by atoms with Gasteiger partial charge in [0, 0.05) is 12.1 Å². The second-order valence-corrected chi connectivity index (χ2v) is 7.30. The lowest BCUT2D eigenvalue weighted by Crippen LogP contribution is -2.10. The Hall–Kier alpha value is -2.63. The maximum atomic E-state index is 12.3. The Labute approximate surface area is 180 Å². The quantitative estimate of drug-likeness (QED) is 0.263. The predicted octanol–water partition coefficient (Wildman–Crippen LogP) is 6.00. The molecule has 0 saturated carbocycles. The van der Waals surface area contributed by atoms with E-state index < -0.39 is 5.97 Å². The van der Waals surface area contributed by atoms with Crippen LogP contribution in [0.25, 0.3) is 0 Å². The van der Waals surface area contributed by atoms with E-state index in [0.717, 1.165) is 25.0 Å². The summed E-state index contributed by atoms with van der Waals surface area (Å²) in [6.07, 6.45) is 10.5. The van der Waals surface area contributed by atoms with Gasteiger partial charge in [0.2, 0.25) is 11.8 Å². The lowest BCUT2D eigenvalue weighted by atomic mass is 10.2. The third-order valence-corrected chi connectivity index (χ3v) is 4.67. The van der Waals surface area contributed by atoms with Crippen LogP contribution in [0.4, 0.5) is 0 Å². The molecule has 0 bridgehead atoms. The normalized spacial score (nSPS) is 10.6. The minimum atomic E-state index is -0.483. The second-order valence-electron chi connectivity index (χ2n) is 7.30. The molecule has 2 aromatic rings. The number of carbonyl (C=O) groups excluding carboxylic acids is 1. The van der Waals surface area contributed by atoms with Crippen molar-refractivity contribution in [3.8, 4) is 17.5 Å². The summed E-state index contributed by atoms with van der Waals surface area (Å²) in [7, 11) is 0. The van der Waals surface area contributed by atoms with Crippen LogP contribution in [-0.4, -0.2) is 29.4 Å². The first-order chi connectivity index (χ1) is 14.7. The van der Waals surface area contributed by atoms with Crippen molar-refractivity contribution in [3.05, 3.63) is 42.0 Å². The summed E-state index contributed by atoms with van der Waals surface area (Å²) < 4.78 is 16.5. The molecule has 0 radical (unpaired) electrons. The van der Waals surface area contributed by atoms with Gasteiger partial charge in [0.1, 0.15) is 5.75 Å². The number of carbonyl (C=O) groups is 1. The number of hydrogen-bond donors (Lipinski definition) is 0. The summed E-state index contributed by atoms with van der Waals surface area (Å²) in [6.45, 7) is 5.68. The molecule has 164 valence electrons. The van der Waals surface area contributed by atoms with Gasteiger partial charge in [-0.3, -0.25) is 0 Å². The molecule has 0 N–H and O–H groups in total. The zero-order valence-electron chi connectivity index (χ0n) is 18.3. The summed E-state index contributed by atoms with van der Waals surface area (Å²) in [5, 5.41) is 7.87. The summed E-state index contributed by atoms with van der Waals surface area (Å²) in [4.78, 5) is 12.3. The van der Waals surface area contributed by atoms with E-state index in [4.69, 9.17) is 14.2 Å². The largest absolute Gasteiger partial charge is 0.494 e. The van der Waals surface area contributed by atoms with Crippen LogP contribution in [0.3, 0.4) is 0 Å². The van der Waals surface area contributed by atoms with E-state index in [1.54, 1.807) is 36.4 Å². The number of ether oxygens (including phenoxy) is 3. The third kappa shape index (κ3) is 9.25. The smallest absolute Gasteiger partial charge is 0.344 e. The van der Waals surface area contributed by atoms with Crippen molar-refractivity contribution in [3.63, 3.8) is 0 Å². The maximum absolute atomic E-state index is 12.3. The van der Waals surface area contributed by atoms with Gasteiger partial charge in [-0.2, -0.15) is 0 Å². The zero-order valence-corrected chi connectivity index (χ0v) is 18.3. The molecule has 0 fully saturated rings. The van der Waals surface area contributed by atoms with Crippen molar-refractivity contribution >= 4 is 5.97 Å². The highest BCUT2D eigenvalue weighted by atomic mass is 16.5. The number of rotatable bonds is 15. The summed E-state index contributed by atoms with van der Waals surface area (Å²) in [5.74, 6) is 0.847. The lowest BCUT2D eigenvalue weighted by Gasteiger charge is -2.07. The van der Waals surface area contributed by atoms with E-state index in [9.17, 15) is 4.79 Å². The standard InChI is InChI=1S/C24H34N2O4/c1-3-5-7-9-11-19-29-22-16-17-23(26-25-22)30-24(27)20-12-14-21(15-13-20)28-18-10-8-6-4-2/h12-17H,3-11,18-19H2,1-2H3. The van der Waals surface area contributed by atoms with Crippen molar-refractivity contribution in [2.24, 2.45) is 0 Å². The summed E-state index contributed by atoms with van der Waals surface area (Å²) in [5.41, 5.74) is 0.433. The van der Waals surface area contributed by atoms with Crippen molar-refractivity contribution < 1.29 is 19.0 Å². The number of unbranched alkanes of at least 4 members (excludes halogenated alkanes) is 7. The van der Waals surface area contributed by atoms with Gasteiger partial charge in [0.25, 0.3) is 0 Å². The maximum Gasteiger partial charge on any atom is 0.344 e. The summed E-state index contributed by atoms with van der Waals surface area (Å²) in [6, 6.07) is 10.2. The monoisotopic (exact) mass is 414 g/mol. The topological polar surface area (TPSA) is 70.5 Å². The van der Waals surface area contributed by atoms with Crippen LogP contribution in [0.2, 0.25) is 0 Å². The first-order valence-electron chi connectivity index (χ1n) is 11.1. The summed E-state index contributed by atoms with van der Waals surface area (Å²) >= 11 is 0. The second kappa shape index (κ2) is 14.4. The van der Waals surface area contributed by atoms with E-state index in [1.807, 2.05) is 0 Å². The van der Waals surface area contributed by atoms with Crippen molar-refractivity contribution in [1.82, 2.24) is 10.2 Å². The molecule has 2 rings (SSSR count). The van der Waals surface area contributed by atoms with Gasteiger partial charge in [0.15, 0.2) is 0 Å². The van der Waals surface area contributed by atoms with Crippen LogP contribution in [0, 0.1) is 0 Å². The van der Waals surface area contributed by atoms with Crippen LogP contribution >= 0.6 is 0 Å². The number of benzene rings is 1. The van der Waals surface area contributed by atoms with Gasteiger partial charge in [-0.05, 0) is 37.1 Å². The molecule has 6 nitrogen and oxygen atoms in total. The molecule has 30 heavy (non-hydrogen) atoms. The molecule has 0 aliphatic rings. The fourth-order valence-electron chi connectivity index (χ4n) is 2.88. The van der Waals surface area contributed by atoms with Crippen LogP contribution in [0.15, 0.2) is 36.4 Å². The molecule has 0 spiro atoms. The molecule has 6 heteroatoms. The zero-order chi connectivity index (χ0) is 21.4. The Kier molecular flexibility index (Phi) is 11.3. The number of nitrogens with zero attached hydrogens (tertiary/aromatic N) is 2. The molecular weight excluding hydrogens is 380 g/mol. The van der Waals surface area contributed by atoms with Crippen LogP contribution in [0.5, 0.6) is 17.5 Å². The highest BCUT2D eigenvalue weighted by molar-refractivity contribution is 5.90. The molecule has 0 saturated heterocycles. The molecular formula is C24H34N2O4. The van der Waals surface area contributed by atoms with Crippen molar-refractivity contribution in [1.29, 1.82) is 0 Å². The Bertz CT molecular complexity index is 717. The van der Waals surface area contributed by atoms with Crippen LogP contribution < -0.4 is 14.2 Å². The predicted molar refractivity (Wildman–Crippen MR) is 117 cm³/mol. The average Bonchev–Trinajstić information content (AvgIpc) is 2.77. The van der Waals surface area contributed by atoms with E-state index >= 15 is 0 Å². The van der Waals surface area contributed by atoms with E-state index in [1.165, 1.54) is 38.5 Å². The lowest BCUT2D eigenvalue weighted by molar-refractivity contribution is 0.0725. The van der Waals surface area contributed by atoms with Gasteiger partial charge < -0.3 is 14.2 Å².